The molecule has 2 atom stereocenters. The van der Waals surface area contributed by atoms with E-state index in [1.165, 1.54) is 0 Å². The van der Waals surface area contributed by atoms with Crippen LogP contribution < -0.4 is 4.90 Å². The number of hydrogen-bond acceptors (Lipinski definition) is 1. The maximum Gasteiger partial charge on any atom is 0.166 e. The Morgan fingerprint density at radius 3 is 1.14 bits per heavy atom. The second kappa shape index (κ2) is 19.1. The lowest BCUT2D eigenvalue weighted by atomic mass is 9.67. The number of fused-ring (bicyclic) bond motifs is 6. The minimum absolute atomic E-state index is 0.475. The van der Waals surface area contributed by atoms with Crippen LogP contribution in [0.25, 0.3) is 56.7 Å². The molecule has 79 heavy (non-hydrogen) atoms. The lowest BCUT2D eigenvalue weighted by Crippen LogP contribution is -2.32. The molecule has 0 heterocycles. The number of halogens is 6. The highest BCUT2D eigenvalue weighted by Gasteiger charge is 2.52. The lowest BCUT2D eigenvalue weighted by molar-refractivity contribution is 0.464. The van der Waals surface area contributed by atoms with Gasteiger partial charge in [0.25, 0.3) is 0 Å². The van der Waals surface area contributed by atoms with Gasteiger partial charge in [0.1, 0.15) is 11.6 Å². The number of hydrogen-bond donors (Lipinski definition) is 0. The molecule has 0 aromatic heterocycles. The zero-order valence-electron chi connectivity index (χ0n) is 42.3. The number of anilines is 3. The van der Waals surface area contributed by atoms with Crippen LogP contribution >= 0.6 is 0 Å². The number of benzene rings is 11. The van der Waals surface area contributed by atoms with E-state index >= 15 is 26.3 Å². The summed E-state index contributed by atoms with van der Waals surface area (Å²) in [5, 5.41) is 0. The van der Waals surface area contributed by atoms with Crippen LogP contribution in [0.5, 0.6) is 0 Å². The van der Waals surface area contributed by atoms with Crippen LogP contribution in [0.2, 0.25) is 0 Å². The first-order valence-electron chi connectivity index (χ1n) is 25.8. The molecule has 11 aromatic rings. The maximum absolute atomic E-state index is 17.1. The molecule has 2 aliphatic carbocycles. The Morgan fingerprint density at radius 2 is 0.684 bits per heavy atom. The molecule has 0 bridgehead atoms. The van der Waals surface area contributed by atoms with E-state index in [2.05, 4.69) is 37.4 Å². The molecule has 380 valence electrons. The fraction of sp³-hybridized carbons (Fsp3) is 0.0278. The normalized spacial score (nSPS) is 15.7. The van der Waals surface area contributed by atoms with Crippen LogP contribution in [-0.4, -0.2) is 0 Å². The first-order valence-corrected chi connectivity index (χ1v) is 25.8. The Hall–Kier alpha value is -9.72. The SMILES string of the molecule is C=Cc1ccc(C2(c3c(F)ccc(F)c3F)c3ccccc3-c3ccc(N(c4ccc(-c5cccc(-c6ccccc6)c5)cc4)c4ccc5c(c4)C(c4ccc(C=C)cc4)(c4c(F)ccc(F)c4F)c4ccccc4-5)cc32)cc1. The highest BCUT2D eigenvalue weighted by Crippen LogP contribution is 2.61. The average Bonchev–Trinajstić information content (AvgIpc) is 4.13. The van der Waals surface area contributed by atoms with Crippen LogP contribution in [0.4, 0.5) is 43.4 Å². The highest BCUT2D eigenvalue weighted by atomic mass is 19.2. The Morgan fingerprint density at radius 1 is 0.304 bits per heavy atom. The molecule has 2 aliphatic rings. The molecule has 13 rings (SSSR count). The summed E-state index contributed by atoms with van der Waals surface area (Å²) in [6, 6.07) is 70.6. The third-order valence-electron chi connectivity index (χ3n) is 16.0. The second-order valence-corrected chi connectivity index (χ2v) is 20.0. The summed E-state index contributed by atoms with van der Waals surface area (Å²) in [6.07, 6.45) is 3.35. The van der Waals surface area contributed by atoms with E-state index in [0.29, 0.717) is 72.7 Å². The van der Waals surface area contributed by atoms with Gasteiger partial charge in [-0.05, 0) is 156 Å². The summed E-state index contributed by atoms with van der Waals surface area (Å²) in [7, 11) is 0. The van der Waals surface area contributed by atoms with Crippen LogP contribution in [0, 0.1) is 34.9 Å². The molecule has 0 saturated heterocycles. The van der Waals surface area contributed by atoms with Gasteiger partial charge in [0, 0.05) is 28.2 Å². The molecular formula is C72H45F6N. The van der Waals surface area contributed by atoms with Crippen molar-refractivity contribution in [2.45, 2.75) is 10.8 Å². The van der Waals surface area contributed by atoms with Crippen molar-refractivity contribution in [1.82, 2.24) is 0 Å². The number of rotatable bonds is 11. The molecule has 0 saturated carbocycles. The molecule has 11 aromatic carbocycles. The smallest absolute Gasteiger partial charge is 0.166 e. The van der Waals surface area contributed by atoms with Gasteiger partial charge >= 0.3 is 0 Å². The van der Waals surface area contributed by atoms with E-state index in [9.17, 15) is 0 Å². The second-order valence-electron chi connectivity index (χ2n) is 20.0. The molecule has 0 amide bonds. The van der Waals surface area contributed by atoms with Crippen molar-refractivity contribution in [3.05, 3.63) is 340 Å². The monoisotopic (exact) mass is 1040 g/mol. The van der Waals surface area contributed by atoms with E-state index in [1.54, 1.807) is 48.6 Å². The van der Waals surface area contributed by atoms with Gasteiger partial charge in [0.15, 0.2) is 23.3 Å². The molecular weight excluding hydrogens is 993 g/mol. The summed E-state index contributed by atoms with van der Waals surface area (Å²) in [6.45, 7) is 7.87. The van der Waals surface area contributed by atoms with Crippen molar-refractivity contribution >= 4 is 29.2 Å². The summed E-state index contributed by atoms with van der Waals surface area (Å²) >= 11 is 0. The highest BCUT2D eigenvalue weighted by molar-refractivity contribution is 5.93. The molecule has 0 N–H and O–H groups in total. The third kappa shape index (κ3) is 7.48. The van der Waals surface area contributed by atoms with E-state index in [0.717, 1.165) is 57.6 Å². The summed E-state index contributed by atoms with van der Waals surface area (Å²) in [5.74, 6) is -6.92. The van der Waals surface area contributed by atoms with E-state index < -0.39 is 56.9 Å². The minimum Gasteiger partial charge on any atom is -0.310 e. The fourth-order valence-electron chi connectivity index (χ4n) is 12.5. The van der Waals surface area contributed by atoms with E-state index in [-0.39, 0.29) is 0 Å². The quantitative estimate of drug-likeness (QED) is 0.0922. The van der Waals surface area contributed by atoms with Gasteiger partial charge < -0.3 is 4.90 Å². The van der Waals surface area contributed by atoms with Crippen molar-refractivity contribution in [3.63, 3.8) is 0 Å². The van der Waals surface area contributed by atoms with Gasteiger partial charge in [0.05, 0.1) is 10.8 Å². The largest absolute Gasteiger partial charge is 0.310 e. The van der Waals surface area contributed by atoms with Crippen molar-refractivity contribution in [2.75, 3.05) is 4.90 Å². The summed E-state index contributed by atoms with van der Waals surface area (Å²) in [5.41, 5.74) is 8.64. The zero-order valence-corrected chi connectivity index (χ0v) is 42.3. The van der Waals surface area contributed by atoms with Gasteiger partial charge in [-0.1, -0.05) is 195 Å². The van der Waals surface area contributed by atoms with Crippen LogP contribution in [0.1, 0.15) is 55.6 Å². The van der Waals surface area contributed by atoms with Crippen LogP contribution in [0.15, 0.2) is 250 Å². The maximum atomic E-state index is 17.1. The third-order valence-corrected chi connectivity index (χ3v) is 16.0. The molecule has 0 fully saturated rings. The fourth-order valence-corrected chi connectivity index (χ4v) is 12.5. The summed E-state index contributed by atoms with van der Waals surface area (Å²) in [4.78, 5) is 1.99. The van der Waals surface area contributed by atoms with Crippen molar-refractivity contribution < 1.29 is 26.3 Å². The van der Waals surface area contributed by atoms with Gasteiger partial charge in [-0.15, -0.1) is 0 Å². The average molecular weight is 1040 g/mol. The molecule has 0 radical (unpaired) electrons. The molecule has 7 heteroatoms. The first-order chi connectivity index (χ1) is 38.6. The molecule has 0 spiro atoms. The van der Waals surface area contributed by atoms with Crippen molar-refractivity contribution in [3.8, 4) is 44.5 Å². The lowest BCUT2D eigenvalue weighted by Gasteiger charge is -2.36. The predicted molar refractivity (Wildman–Crippen MR) is 307 cm³/mol. The first kappa shape index (κ1) is 48.9. The van der Waals surface area contributed by atoms with Crippen molar-refractivity contribution in [1.29, 1.82) is 0 Å². The number of nitrogens with zero attached hydrogens (tertiary/aromatic N) is 1. The summed E-state index contributed by atoms with van der Waals surface area (Å²) < 4.78 is 99.9. The molecule has 2 unspecified atom stereocenters. The van der Waals surface area contributed by atoms with E-state index in [1.807, 2.05) is 157 Å². The van der Waals surface area contributed by atoms with Crippen LogP contribution in [-0.2, 0) is 10.8 Å². The van der Waals surface area contributed by atoms with E-state index in [4.69, 9.17) is 0 Å². The molecule has 1 nitrogen and oxygen atoms in total. The van der Waals surface area contributed by atoms with Crippen molar-refractivity contribution in [2.24, 2.45) is 0 Å². The Balaban J connectivity index is 1.09. The van der Waals surface area contributed by atoms with Gasteiger partial charge in [-0.3, -0.25) is 0 Å². The van der Waals surface area contributed by atoms with Gasteiger partial charge in [0.2, 0.25) is 0 Å². The Labute approximate surface area is 454 Å². The van der Waals surface area contributed by atoms with Gasteiger partial charge in [-0.2, -0.15) is 0 Å². The standard InChI is InChI=1S/C72H45F6N/c1-3-44-21-27-50(28-22-44)71(67-63(73)37-39-65(75)69(67)77)59-19-10-8-17-55(59)57-35-33-53(42-61(57)71)79(52-31-25-47(26-32-52)49-16-12-15-48(41-49)46-13-6-5-7-14-46)54-34-36-58-56-18-9-11-20-60(56)72(62(58)43-54,51-29-23-45(4-2)24-30-51)68-64(74)38-40-66(76)70(68)78/h3-43H,1-2H2. The van der Waals surface area contributed by atoms with Crippen LogP contribution in [0.3, 0.4) is 0 Å². The topological polar surface area (TPSA) is 3.24 Å². The minimum atomic E-state index is -1.74. The molecule has 0 aliphatic heterocycles. The Bertz CT molecular complexity index is 4030. The Kier molecular flexibility index (Phi) is 11.8. The zero-order chi connectivity index (χ0) is 54.2. The predicted octanol–water partition coefficient (Wildman–Crippen LogP) is 19.3. The van der Waals surface area contributed by atoms with Gasteiger partial charge in [-0.25, -0.2) is 26.3 Å².